The molecule has 4 rings (SSSR count). The fourth-order valence-corrected chi connectivity index (χ4v) is 4.68. The number of aromatic amines is 1. The summed E-state index contributed by atoms with van der Waals surface area (Å²) in [6.07, 6.45) is 7.76. The highest BCUT2D eigenvalue weighted by atomic mass is 16.7. The number of likely N-dealkylation sites (tertiary alicyclic amines) is 1. The van der Waals surface area contributed by atoms with E-state index < -0.39 is 0 Å². The van der Waals surface area contributed by atoms with Crippen molar-refractivity contribution in [3.63, 3.8) is 0 Å². The van der Waals surface area contributed by atoms with E-state index in [9.17, 15) is 4.79 Å². The molecule has 1 saturated heterocycles. The van der Waals surface area contributed by atoms with Crippen LogP contribution in [0.25, 0.3) is 17.0 Å². The first kappa shape index (κ1) is 26.7. The molecule has 0 unspecified atom stereocenters. The zero-order valence-corrected chi connectivity index (χ0v) is 21.7. The van der Waals surface area contributed by atoms with Crippen molar-refractivity contribution in [1.29, 1.82) is 0 Å². The van der Waals surface area contributed by atoms with Crippen LogP contribution in [0.2, 0.25) is 0 Å². The first-order valence-corrected chi connectivity index (χ1v) is 12.8. The second-order valence-corrected chi connectivity index (χ2v) is 9.10. The van der Waals surface area contributed by atoms with Gasteiger partial charge in [0, 0.05) is 43.4 Å². The number of para-hydroxylation sites is 1. The van der Waals surface area contributed by atoms with Crippen molar-refractivity contribution in [3.05, 3.63) is 65.9 Å². The number of ether oxygens (including phenoxy) is 4. The van der Waals surface area contributed by atoms with Crippen LogP contribution in [0.15, 0.2) is 54.7 Å². The Morgan fingerprint density at radius 3 is 2.76 bits per heavy atom. The van der Waals surface area contributed by atoms with Gasteiger partial charge >= 0.3 is 0 Å². The topological polar surface area (TPSA) is 85.1 Å². The summed E-state index contributed by atoms with van der Waals surface area (Å²) in [6.45, 7) is 4.64. The molecular weight excluding hydrogens is 470 g/mol. The number of nitrogens with one attached hydrogen (secondary N) is 2. The monoisotopic (exact) mass is 507 g/mol. The molecule has 0 saturated carbocycles. The van der Waals surface area contributed by atoms with Crippen LogP contribution in [0, 0.1) is 0 Å². The number of H-pyrrole nitrogens is 1. The molecule has 2 aromatic carbocycles. The van der Waals surface area contributed by atoms with E-state index in [1.807, 2.05) is 12.1 Å². The third kappa shape index (κ3) is 7.58. The van der Waals surface area contributed by atoms with Crippen molar-refractivity contribution < 1.29 is 23.7 Å². The van der Waals surface area contributed by atoms with Gasteiger partial charge < -0.3 is 34.1 Å². The number of methoxy groups -OCH3 is 2. The van der Waals surface area contributed by atoms with E-state index in [1.54, 1.807) is 32.4 Å². The number of carbonyl (C=O) groups excluding carboxylic acids is 1. The molecule has 1 fully saturated rings. The van der Waals surface area contributed by atoms with E-state index in [0.29, 0.717) is 37.2 Å². The number of benzene rings is 2. The number of aromatic nitrogens is 1. The number of hydrogen-bond acceptors (Lipinski definition) is 6. The third-order valence-electron chi connectivity index (χ3n) is 6.72. The van der Waals surface area contributed by atoms with Crippen LogP contribution in [-0.4, -0.2) is 76.2 Å². The minimum Gasteiger partial charge on any atom is -0.493 e. The van der Waals surface area contributed by atoms with Crippen molar-refractivity contribution >= 4 is 22.9 Å². The van der Waals surface area contributed by atoms with E-state index in [-0.39, 0.29) is 12.7 Å². The lowest BCUT2D eigenvalue weighted by molar-refractivity contribution is -0.116. The van der Waals surface area contributed by atoms with Crippen molar-refractivity contribution in [2.24, 2.45) is 0 Å². The smallest absolute Gasteiger partial charge is 0.244 e. The number of carbonyl (C=O) groups is 1. The summed E-state index contributed by atoms with van der Waals surface area (Å²) >= 11 is 0. The van der Waals surface area contributed by atoms with Crippen LogP contribution in [0.5, 0.6) is 11.5 Å². The fourth-order valence-electron chi connectivity index (χ4n) is 4.68. The number of nitrogens with zero attached hydrogens (tertiary/aromatic N) is 1. The van der Waals surface area contributed by atoms with Gasteiger partial charge in [-0.25, -0.2) is 0 Å². The molecule has 0 atom stereocenters. The highest BCUT2D eigenvalue weighted by Gasteiger charge is 2.22. The molecule has 3 aromatic rings. The predicted molar refractivity (Wildman–Crippen MR) is 145 cm³/mol. The Balaban J connectivity index is 1.17. The number of hydrogen-bond donors (Lipinski definition) is 2. The zero-order valence-electron chi connectivity index (χ0n) is 21.7. The average Bonchev–Trinajstić information content (AvgIpc) is 3.37. The number of fused-ring (bicyclic) bond motifs is 1. The second-order valence-electron chi connectivity index (χ2n) is 9.10. The maximum Gasteiger partial charge on any atom is 0.244 e. The van der Waals surface area contributed by atoms with Crippen LogP contribution in [0.1, 0.15) is 29.9 Å². The summed E-state index contributed by atoms with van der Waals surface area (Å²) in [6, 6.07) is 14.0. The molecule has 8 nitrogen and oxygen atoms in total. The van der Waals surface area contributed by atoms with Crippen molar-refractivity contribution in [2.75, 3.05) is 60.4 Å². The molecule has 0 radical (unpaired) electrons. The van der Waals surface area contributed by atoms with E-state index in [1.165, 1.54) is 16.5 Å². The van der Waals surface area contributed by atoms with Crippen LogP contribution in [-0.2, 0) is 14.3 Å². The van der Waals surface area contributed by atoms with Crippen molar-refractivity contribution in [1.82, 2.24) is 15.2 Å². The normalized spacial score (nSPS) is 14.9. The van der Waals surface area contributed by atoms with Gasteiger partial charge in [0.25, 0.3) is 0 Å². The van der Waals surface area contributed by atoms with Crippen LogP contribution < -0.4 is 14.8 Å². The van der Waals surface area contributed by atoms with Crippen molar-refractivity contribution in [3.8, 4) is 11.5 Å². The average molecular weight is 508 g/mol. The van der Waals surface area contributed by atoms with E-state index in [0.717, 1.165) is 38.0 Å². The molecular formula is C29H37N3O5. The lowest BCUT2D eigenvalue weighted by Crippen LogP contribution is -2.38. The zero-order chi connectivity index (χ0) is 25.9. The second kappa shape index (κ2) is 13.8. The van der Waals surface area contributed by atoms with Gasteiger partial charge in [-0.2, -0.15) is 0 Å². The van der Waals surface area contributed by atoms with Gasteiger partial charge in [0.05, 0.1) is 20.3 Å². The van der Waals surface area contributed by atoms with Gasteiger partial charge in [-0.1, -0.05) is 24.3 Å². The summed E-state index contributed by atoms with van der Waals surface area (Å²) in [5, 5.41) is 4.33. The Labute approximate surface area is 218 Å². The third-order valence-corrected chi connectivity index (χ3v) is 6.72. The van der Waals surface area contributed by atoms with E-state index in [4.69, 9.17) is 18.9 Å². The summed E-state index contributed by atoms with van der Waals surface area (Å²) in [7, 11) is 3.20. The molecule has 0 aliphatic carbocycles. The van der Waals surface area contributed by atoms with Gasteiger partial charge in [0.15, 0.2) is 18.3 Å². The molecule has 198 valence electrons. The van der Waals surface area contributed by atoms with Gasteiger partial charge in [-0.3, -0.25) is 4.79 Å². The minimum absolute atomic E-state index is 0.109. The van der Waals surface area contributed by atoms with Gasteiger partial charge in [0.1, 0.15) is 0 Å². The Kier molecular flexibility index (Phi) is 9.99. The maximum absolute atomic E-state index is 12.3. The lowest BCUT2D eigenvalue weighted by atomic mass is 9.89. The molecule has 0 bridgehead atoms. The van der Waals surface area contributed by atoms with Crippen LogP contribution >= 0.6 is 0 Å². The summed E-state index contributed by atoms with van der Waals surface area (Å²) in [5.41, 5.74) is 3.49. The molecule has 1 aromatic heterocycles. The molecule has 37 heavy (non-hydrogen) atoms. The summed E-state index contributed by atoms with van der Waals surface area (Å²) in [4.78, 5) is 18.2. The molecule has 8 heteroatoms. The Hall–Kier alpha value is -3.33. The standard InChI is InChI=1S/C29H37N3O5/c1-34-17-18-36-21-37-27-9-7-22(19-28(27)35-2)8-10-29(33)30-13-16-32-14-11-23(12-15-32)25-20-31-26-6-4-3-5-24(25)26/h3-10,19-20,23,31H,11-18,21H2,1-2H3,(H,30,33)/b10-8+. The van der Waals surface area contributed by atoms with Gasteiger partial charge in [0.2, 0.25) is 5.91 Å². The van der Waals surface area contributed by atoms with Crippen LogP contribution in [0.4, 0.5) is 0 Å². The highest BCUT2D eigenvalue weighted by molar-refractivity contribution is 5.91. The number of rotatable bonds is 13. The van der Waals surface area contributed by atoms with Crippen molar-refractivity contribution in [2.45, 2.75) is 18.8 Å². The molecule has 0 spiro atoms. The molecule has 1 aliphatic heterocycles. The Morgan fingerprint density at radius 1 is 1.11 bits per heavy atom. The SMILES string of the molecule is COCCOCOc1ccc(/C=C/C(=O)NCCN2CCC(c3c[nH]c4ccccc34)CC2)cc1OC. The first-order chi connectivity index (χ1) is 18.2. The minimum atomic E-state index is -0.112. The number of piperidine rings is 1. The number of amides is 1. The molecule has 1 amide bonds. The van der Waals surface area contributed by atoms with E-state index in [2.05, 4.69) is 45.7 Å². The van der Waals surface area contributed by atoms with Crippen LogP contribution in [0.3, 0.4) is 0 Å². The molecule has 2 heterocycles. The summed E-state index contributed by atoms with van der Waals surface area (Å²) < 4.78 is 21.3. The Morgan fingerprint density at radius 2 is 1.95 bits per heavy atom. The van der Waals surface area contributed by atoms with E-state index >= 15 is 0 Å². The molecule has 2 N–H and O–H groups in total. The Bertz CT molecular complexity index is 1170. The predicted octanol–water partition coefficient (Wildman–Crippen LogP) is 4.18. The quantitative estimate of drug-likeness (QED) is 0.205. The fraction of sp³-hybridized carbons (Fsp3) is 0.414. The lowest BCUT2D eigenvalue weighted by Gasteiger charge is -2.31. The highest BCUT2D eigenvalue weighted by Crippen LogP contribution is 2.33. The van der Waals surface area contributed by atoms with Gasteiger partial charge in [-0.05, 0) is 67.3 Å². The first-order valence-electron chi connectivity index (χ1n) is 12.8. The maximum atomic E-state index is 12.3. The van der Waals surface area contributed by atoms with Gasteiger partial charge in [-0.15, -0.1) is 0 Å². The largest absolute Gasteiger partial charge is 0.493 e. The summed E-state index contributed by atoms with van der Waals surface area (Å²) in [5.74, 6) is 1.63. The molecule has 1 aliphatic rings.